The predicted octanol–water partition coefficient (Wildman–Crippen LogP) is 3.25. The first-order valence-electron chi connectivity index (χ1n) is 11.2. The summed E-state index contributed by atoms with van der Waals surface area (Å²) >= 11 is 0. The van der Waals surface area contributed by atoms with Crippen LogP contribution in [0, 0.1) is 13.8 Å². The first kappa shape index (κ1) is 28.4. The highest BCUT2D eigenvalue weighted by Crippen LogP contribution is 2.15. The number of Topliss-reactive ketones (excluding diaryl/α,β-unsaturated/α-hetero) is 1. The summed E-state index contributed by atoms with van der Waals surface area (Å²) in [6.45, 7) is 12.6. The Balaban J connectivity index is 2.67. The lowest BCUT2D eigenvalue weighted by Crippen LogP contribution is -2.51. The van der Waals surface area contributed by atoms with Gasteiger partial charge in [0.1, 0.15) is 23.6 Å². The number of aryl methyl sites for hydroxylation is 2. The van der Waals surface area contributed by atoms with Crippen LogP contribution in [0.3, 0.4) is 0 Å². The second-order valence-corrected chi connectivity index (χ2v) is 9.51. The molecule has 0 saturated carbocycles. The molecule has 0 aliphatic heterocycles. The molecule has 0 saturated heterocycles. The van der Waals surface area contributed by atoms with E-state index < -0.39 is 23.3 Å². The Bertz CT molecular complexity index is 797. The molecule has 1 rings (SSSR count). The molecular weight excluding hydrogens is 426 g/mol. The van der Waals surface area contributed by atoms with Gasteiger partial charge in [-0.05, 0) is 67.7 Å². The van der Waals surface area contributed by atoms with Crippen LogP contribution in [0.15, 0.2) is 12.1 Å². The zero-order chi connectivity index (χ0) is 25.2. The number of hydrogen-bond donors (Lipinski definition) is 2. The molecule has 0 bridgehead atoms. The molecule has 1 heterocycles. The van der Waals surface area contributed by atoms with Gasteiger partial charge in [-0.1, -0.05) is 0 Å². The lowest BCUT2D eigenvalue weighted by Gasteiger charge is -2.26. The maximum atomic E-state index is 12.9. The molecule has 9 heteroatoms. The average Bonchev–Trinajstić information content (AvgIpc) is 2.68. The molecule has 1 aromatic heterocycles. The van der Waals surface area contributed by atoms with E-state index in [4.69, 9.17) is 14.2 Å². The van der Waals surface area contributed by atoms with E-state index in [-0.39, 0.29) is 18.3 Å². The molecule has 2 amide bonds. The normalized spacial score (nSPS) is 12.6. The van der Waals surface area contributed by atoms with Crippen LogP contribution in [-0.2, 0) is 19.1 Å². The Kier molecular flexibility index (Phi) is 10.8. The summed E-state index contributed by atoms with van der Waals surface area (Å²) in [5.41, 5.74) is -0.0496. The molecule has 0 aromatic carbocycles. The van der Waals surface area contributed by atoms with Crippen molar-refractivity contribution in [2.45, 2.75) is 85.0 Å². The number of rotatable bonds is 12. The number of pyridine rings is 1. The average molecular weight is 466 g/mol. The second kappa shape index (κ2) is 12.5. The molecule has 9 nitrogen and oxygen atoms in total. The summed E-state index contributed by atoms with van der Waals surface area (Å²) < 4.78 is 16.1. The summed E-state index contributed by atoms with van der Waals surface area (Å²) in [6, 6.07) is 2.77. The van der Waals surface area contributed by atoms with Crippen LogP contribution in [0.1, 0.15) is 65.3 Å². The molecule has 186 valence electrons. The number of carbonyl (C=O) groups excluding carboxylic acids is 3. The quantitative estimate of drug-likeness (QED) is 0.455. The zero-order valence-corrected chi connectivity index (χ0v) is 21.2. The number of aromatic nitrogens is 1. The van der Waals surface area contributed by atoms with Crippen LogP contribution >= 0.6 is 0 Å². The van der Waals surface area contributed by atoms with E-state index in [0.717, 1.165) is 11.4 Å². The van der Waals surface area contributed by atoms with Gasteiger partial charge in [0.05, 0.1) is 6.04 Å². The van der Waals surface area contributed by atoms with Crippen molar-refractivity contribution in [3.63, 3.8) is 0 Å². The standard InChI is InChI=1S/C24H39N3O6/c1-16-13-18(14-17(2)26-16)32-15-20(28)19(27-21(29)24(6,7)31-8)11-9-10-12-25-22(30)33-23(3,4)5/h13-14,19H,9-12,15H2,1-8H3,(H,25,30)(H,27,29)/t19-/m0/s1. The van der Waals surface area contributed by atoms with Crippen molar-refractivity contribution in [2.75, 3.05) is 20.3 Å². The lowest BCUT2D eigenvalue weighted by molar-refractivity contribution is -0.142. The number of carbonyl (C=O) groups is 3. The Morgan fingerprint density at radius 1 is 1.03 bits per heavy atom. The van der Waals surface area contributed by atoms with E-state index in [2.05, 4.69) is 15.6 Å². The number of ketones is 1. The van der Waals surface area contributed by atoms with Gasteiger partial charge in [-0.2, -0.15) is 0 Å². The molecule has 1 atom stereocenters. The molecule has 0 unspecified atom stereocenters. The number of nitrogens with zero attached hydrogens (tertiary/aromatic N) is 1. The first-order valence-corrected chi connectivity index (χ1v) is 11.2. The fourth-order valence-electron chi connectivity index (χ4n) is 2.85. The smallest absolute Gasteiger partial charge is 0.407 e. The monoisotopic (exact) mass is 465 g/mol. The Morgan fingerprint density at radius 2 is 1.64 bits per heavy atom. The van der Waals surface area contributed by atoms with Crippen molar-refractivity contribution < 1.29 is 28.6 Å². The van der Waals surface area contributed by atoms with Crippen LogP contribution in [0.2, 0.25) is 0 Å². The van der Waals surface area contributed by atoms with Gasteiger partial charge >= 0.3 is 6.09 Å². The first-order chi connectivity index (χ1) is 15.2. The number of amides is 2. The highest BCUT2D eigenvalue weighted by Gasteiger charge is 2.31. The van der Waals surface area contributed by atoms with Gasteiger partial charge in [0.2, 0.25) is 0 Å². The van der Waals surface area contributed by atoms with Crippen LogP contribution in [0.4, 0.5) is 4.79 Å². The van der Waals surface area contributed by atoms with Crippen LogP contribution < -0.4 is 15.4 Å². The minimum absolute atomic E-state index is 0.183. The van der Waals surface area contributed by atoms with E-state index in [1.807, 2.05) is 13.8 Å². The number of nitrogens with one attached hydrogen (secondary N) is 2. The third kappa shape index (κ3) is 11.1. The minimum Gasteiger partial charge on any atom is -0.486 e. The number of alkyl carbamates (subject to hydrolysis) is 1. The molecule has 0 radical (unpaired) electrons. The van der Waals surface area contributed by atoms with Crippen LogP contribution in [0.25, 0.3) is 0 Å². The Hall–Kier alpha value is -2.68. The molecule has 0 spiro atoms. The summed E-state index contributed by atoms with van der Waals surface area (Å²) in [5, 5.41) is 5.47. The van der Waals surface area contributed by atoms with Crippen molar-refractivity contribution >= 4 is 17.8 Å². The van der Waals surface area contributed by atoms with Gasteiger partial charge < -0.3 is 24.8 Å². The Morgan fingerprint density at radius 3 is 2.18 bits per heavy atom. The zero-order valence-electron chi connectivity index (χ0n) is 21.2. The summed E-state index contributed by atoms with van der Waals surface area (Å²) in [6.07, 6.45) is 1.14. The van der Waals surface area contributed by atoms with Gasteiger partial charge in [0, 0.05) is 37.2 Å². The molecule has 2 N–H and O–H groups in total. The largest absolute Gasteiger partial charge is 0.486 e. The fourth-order valence-corrected chi connectivity index (χ4v) is 2.85. The van der Waals surface area contributed by atoms with Crippen LogP contribution in [-0.4, -0.2) is 60.3 Å². The number of ether oxygens (including phenoxy) is 3. The van der Waals surface area contributed by atoms with Crippen molar-refractivity contribution in [1.82, 2.24) is 15.6 Å². The third-order valence-corrected chi connectivity index (χ3v) is 4.78. The van der Waals surface area contributed by atoms with Crippen molar-refractivity contribution in [2.24, 2.45) is 0 Å². The second-order valence-electron chi connectivity index (χ2n) is 9.51. The summed E-state index contributed by atoms with van der Waals surface area (Å²) in [5.74, 6) is -0.0782. The number of unbranched alkanes of at least 4 members (excludes halogenated alkanes) is 1. The maximum Gasteiger partial charge on any atom is 0.407 e. The minimum atomic E-state index is -1.07. The number of methoxy groups -OCH3 is 1. The van der Waals surface area contributed by atoms with Crippen LogP contribution in [0.5, 0.6) is 5.75 Å². The van der Waals surface area contributed by atoms with Gasteiger partial charge in [-0.15, -0.1) is 0 Å². The van der Waals surface area contributed by atoms with Gasteiger partial charge in [-0.3, -0.25) is 14.6 Å². The molecule has 33 heavy (non-hydrogen) atoms. The van der Waals surface area contributed by atoms with E-state index in [0.29, 0.717) is 31.6 Å². The molecule has 0 aliphatic carbocycles. The number of hydrogen-bond acceptors (Lipinski definition) is 7. The van der Waals surface area contributed by atoms with Crippen molar-refractivity contribution in [3.05, 3.63) is 23.5 Å². The summed E-state index contributed by atoms with van der Waals surface area (Å²) in [7, 11) is 1.44. The molecule has 0 aliphatic rings. The molecular formula is C24H39N3O6. The van der Waals surface area contributed by atoms with Gasteiger partial charge in [0.15, 0.2) is 5.78 Å². The van der Waals surface area contributed by atoms with E-state index in [1.54, 1.807) is 46.8 Å². The van der Waals surface area contributed by atoms with E-state index >= 15 is 0 Å². The summed E-state index contributed by atoms with van der Waals surface area (Å²) in [4.78, 5) is 41.5. The van der Waals surface area contributed by atoms with Gasteiger partial charge in [0.25, 0.3) is 5.91 Å². The van der Waals surface area contributed by atoms with Crippen molar-refractivity contribution in [3.8, 4) is 5.75 Å². The highest BCUT2D eigenvalue weighted by molar-refractivity contribution is 5.92. The topological polar surface area (TPSA) is 116 Å². The maximum absolute atomic E-state index is 12.9. The Labute approximate surface area is 197 Å². The van der Waals surface area contributed by atoms with E-state index in [1.165, 1.54) is 7.11 Å². The lowest BCUT2D eigenvalue weighted by atomic mass is 10.0. The van der Waals surface area contributed by atoms with E-state index in [9.17, 15) is 14.4 Å². The third-order valence-electron chi connectivity index (χ3n) is 4.78. The molecule has 0 fully saturated rings. The highest BCUT2D eigenvalue weighted by atomic mass is 16.6. The molecule has 1 aromatic rings. The fraction of sp³-hybridized carbons (Fsp3) is 0.667. The SMILES string of the molecule is COC(C)(C)C(=O)N[C@@H](CCCCNC(=O)OC(C)(C)C)C(=O)COc1cc(C)nc(C)c1. The predicted molar refractivity (Wildman–Crippen MR) is 125 cm³/mol. The van der Waals surface area contributed by atoms with Crippen molar-refractivity contribution in [1.29, 1.82) is 0 Å². The van der Waals surface area contributed by atoms with Gasteiger partial charge in [-0.25, -0.2) is 4.79 Å².